The van der Waals surface area contributed by atoms with E-state index in [0.29, 0.717) is 33.5 Å². The van der Waals surface area contributed by atoms with Gasteiger partial charge in [0.25, 0.3) is 0 Å². The molecule has 10 heteroatoms. The first-order valence-corrected chi connectivity index (χ1v) is 11.0. The maximum absolute atomic E-state index is 13.6. The van der Waals surface area contributed by atoms with Gasteiger partial charge in [-0.2, -0.15) is 4.39 Å². The topological polar surface area (TPSA) is 97.4 Å². The van der Waals surface area contributed by atoms with E-state index in [9.17, 15) is 4.39 Å². The first kappa shape index (κ1) is 21.9. The number of halogens is 3. The van der Waals surface area contributed by atoms with Gasteiger partial charge in [0.1, 0.15) is 23.2 Å². The molecule has 5 rings (SSSR count). The highest BCUT2D eigenvalue weighted by atomic mass is 35.5. The molecule has 3 aromatic rings. The lowest BCUT2D eigenvalue weighted by Crippen LogP contribution is -2.66. The van der Waals surface area contributed by atoms with Crippen molar-refractivity contribution >= 4 is 40.4 Å². The Kier molecular flexibility index (Phi) is 5.60. The van der Waals surface area contributed by atoms with E-state index in [1.165, 1.54) is 6.20 Å². The molecule has 0 saturated carbocycles. The molecule has 1 aromatic carbocycles. The highest BCUT2D eigenvalue weighted by Crippen LogP contribution is 2.39. The summed E-state index contributed by atoms with van der Waals surface area (Å²) in [5.74, 6) is 0.503. The summed E-state index contributed by atoms with van der Waals surface area (Å²) in [6, 6.07) is 8.74. The average molecular weight is 488 g/mol. The van der Waals surface area contributed by atoms with Crippen molar-refractivity contribution in [3.63, 3.8) is 0 Å². The molecule has 1 spiro atoms. The second-order valence-corrected chi connectivity index (χ2v) is 9.14. The lowest BCUT2D eigenvalue weighted by molar-refractivity contribution is -0.127. The van der Waals surface area contributed by atoms with Gasteiger partial charge in [0.2, 0.25) is 5.95 Å². The Morgan fingerprint density at radius 3 is 2.64 bits per heavy atom. The molecule has 3 N–H and O–H groups in total. The first-order chi connectivity index (χ1) is 15.8. The summed E-state index contributed by atoms with van der Waals surface area (Å²) in [6.45, 7) is 3.46. The Bertz CT molecular complexity index is 1230. The number of nitrogens with zero attached hydrogens (tertiary/aromatic N) is 3. The smallest absolute Gasteiger partial charge is 0.232 e. The normalized spacial score (nSPS) is 16.3. The highest BCUT2D eigenvalue weighted by molar-refractivity contribution is 6.35. The van der Waals surface area contributed by atoms with Crippen molar-refractivity contribution in [2.75, 3.05) is 36.9 Å². The number of anilines is 2. The number of hydrogen-bond donors (Lipinski definition) is 2. The Hall–Kier alpha value is -2.94. The molecule has 2 aromatic heterocycles. The van der Waals surface area contributed by atoms with Gasteiger partial charge < -0.3 is 20.1 Å². The Labute approximate surface area is 199 Å². The lowest BCUT2D eigenvalue weighted by Gasteiger charge is -2.55. The summed E-state index contributed by atoms with van der Waals surface area (Å²) in [4.78, 5) is 10.2. The molecule has 0 aliphatic carbocycles. The largest absolute Gasteiger partial charge is 0.489 e. The van der Waals surface area contributed by atoms with Gasteiger partial charge in [0, 0.05) is 47.9 Å². The van der Waals surface area contributed by atoms with Crippen LogP contribution in [-0.2, 0) is 11.3 Å². The molecule has 0 atom stereocenters. The van der Waals surface area contributed by atoms with Gasteiger partial charge in [-0.05, 0) is 30.3 Å². The first-order valence-electron chi connectivity index (χ1n) is 10.2. The minimum atomic E-state index is -0.815. The van der Waals surface area contributed by atoms with Crippen LogP contribution >= 0.6 is 23.2 Å². The zero-order chi connectivity index (χ0) is 23.2. The molecule has 0 unspecified atom stereocenters. The number of nitrogens with one attached hydrogen (secondary N) is 1. The molecule has 2 aliphatic heterocycles. The number of rotatable bonds is 6. The quantitative estimate of drug-likeness (QED) is 0.305. The second kappa shape index (κ2) is 8.44. The van der Waals surface area contributed by atoms with E-state index in [2.05, 4.69) is 14.9 Å². The van der Waals surface area contributed by atoms with Gasteiger partial charge in [-0.3, -0.25) is 5.41 Å². The van der Waals surface area contributed by atoms with Crippen molar-refractivity contribution in [3.8, 4) is 5.75 Å². The van der Waals surface area contributed by atoms with Crippen molar-refractivity contribution in [2.24, 2.45) is 5.41 Å². The van der Waals surface area contributed by atoms with Crippen LogP contribution in [0.25, 0.3) is 0 Å². The van der Waals surface area contributed by atoms with E-state index in [4.69, 9.17) is 43.8 Å². The Morgan fingerprint density at radius 2 is 1.97 bits per heavy atom. The third-order valence-corrected chi connectivity index (χ3v) is 6.64. The lowest BCUT2D eigenvalue weighted by atomic mass is 9.78. The molecule has 0 bridgehead atoms. The van der Waals surface area contributed by atoms with Crippen LogP contribution in [0.4, 0.5) is 15.9 Å². The molecule has 0 radical (unpaired) electrons. The third-order valence-electron chi connectivity index (χ3n) is 5.93. The summed E-state index contributed by atoms with van der Waals surface area (Å²) >= 11 is 12.0. The summed E-state index contributed by atoms with van der Waals surface area (Å²) in [7, 11) is 0. The van der Waals surface area contributed by atoms with Gasteiger partial charge in [-0.25, -0.2) is 9.97 Å². The third kappa shape index (κ3) is 4.10. The van der Waals surface area contributed by atoms with E-state index in [1.807, 2.05) is 12.1 Å². The molecule has 170 valence electrons. The highest BCUT2D eigenvalue weighted by Gasteiger charge is 2.49. The van der Waals surface area contributed by atoms with Crippen LogP contribution in [0.15, 0.2) is 42.7 Å². The minimum Gasteiger partial charge on any atom is -0.489 e. The second-order valence-electron chi connectivity index (χ2n) is 8.36. The van der Waals surface area contributed by atoms with Crippen LogP contribution in [0.1, 0.15) is 16.7 Å². The SMILES string of the molecule is N=C(c1ccc(N2CC3(COC3)C2)nc1)c1cc(OCc2c(Cl)cnc(F)c2Cl)ccc1N. The molecule has 2 saturated heterocycles. The van der Waals surface area contributed by atoms with Crippen molar-refractivity contribution in [2.45, 2.75) is 6.61 Å². The van der Waals surface area contributed by atoms with Crippen LogP contribution in [0, 0.1) is 16.8 Å². The maximum Gasteiger partial charge on any atom is 0.232 e. The number of benzene rings is 1. The fourth-order valence-corrected chi connectivity index (χ4v) is 4.43. The van der Waals surface area contributed by atoms with Gasteiger partial charge in [0.15, 0.2) is 0 Å². The number of aromatic nitrogens is 2. The van der Waals surface area contributed by atoms with Crippen molar-refractivity contribution in [1.82, 2.24) is 9.97 Å². The zero-order valence-electron chi connectivity index (χ0n) is 17.4. The van der Waals surface area contributed by atoms with Gasteiger partial charge in [0.05, 0.1) is 29.4 Å². The maximum atomic E-state index is 13.6. The predicted molar refractivity (Wildman–Crippen MR) is 125 cm³/mol. The molecule has 2 fully saturated rings. The number of ether oxygens (including phenoxy) is 2. The van der Waals surface area contributed by atoms with Crippen LogP contribution in [0.3, 0.4) is 0 Å². The molecule has 4 heterocycles. The number of nitrogen functional groups attached to an aromatic ring is 1. The number of nitrogens with two attached hydrogens (primary N) is 1. The molecular weight excluding hydrogens is 468 g/mol. The predicted octanol–water partition coefficient (Wildman–Crippen LogP) is 4.34. The van der Waals surface area contributed by atoms with Crippen LogP contribution in [0.5, 0.6) is 5.75 Å². The molecule has 33 heavy (non-hydrogen) atoms. The summed E-state index contributed by atoms with van der Waals surface area (Å²) in [5.41, 5.74) is 8.50. The number of pyridine rings is 2. The van der Waals surface area contributed by atoms with Crippen molar-refractivity contribution < 1.29 is 13.9 Å². The van der Waals surface area contributed by atoms with Crippen LogP contribution in [0.2, 0.25) is 10.0 Å². The van der Waals surface area contributed by atoms with E-state index >= 15 is 0 Å². The standard InChI is InChI=1S/C23H20Cl2FN5O2/c24-17-7-30-22(26)20(25)16(17)8-33-14-2-3-18(27)15(5-14)21(28)13-1-4-19(29-6-13)31-9-23(10-31)11-32-12-23/h1-7,28H,8-12,27H2. The summed E-state index contributed by atoms with van der Waals surface area (Å²) in [5, 5.41) is 8.65. The fraction of sp³-hybridized carbons (Fsp3) is 0.261. The summed E-state index contributed by atoms with van der Waals surface area (Å²) < 4.78 is 24.7. The monoisotopic (exact) mass is 487 g/mol. The van der Waals surface area contributed by atoms with Crippen LogP contribution < -0.4 is 15.4 Å². The molecular formula is C23H20Cl2FN5O2. The fourth-order valence-electron chi connectivity index (χ4n) is 3.98. The van der Waals surface area contributed by atoms with E-state index < -0.39 is 5.95 Å². The van der Waals surface area contributed by atoms with E-state index in [1.54, 1.807) is 24.4 Å². The van der Waals surface area contributed by atoms with Gasteiger partial charge in [-0.1, -0.05) is 23.2 Å². The molecule has 2 aliphatic rings. The molecule has 7 nitrogen and oxygen atoms in total. The Balaban J connectivity index is 1.29. The Morgan fingerprint density at radius 1 is 1.18 bits per heavy atom. The minimum absolute atomic E-state index is 0.0631. The zero-order valence-corrected chi connectivity index (χ0v) is 19.0. The molecule has 0 amide bonds. The van der Waals surface area contributed by atoms with Gasteiger partial charge >= 0.3 is 0 Å². The average Bonchev–Trinajstić information content (AvgIpc) is 2.75. The van der Waals surface area contributed by atoms with Crippen molar-refractivity contribution in [1.29, 1.82) is 5.41 Å². The summed E-state index contributed by atoms with van der Waals surface area (Å²) in [6.07, 6.45) is 2.86. The van der Waals surface area contributed by atoms with E-state index in [0.717, 1.165) is 32.1 Å². The van der Waals surface area contributed by atoms with Crippen molar-refractivity contribution in [3.05, 3.63) is 75.4 Å². The number of hydrogen-bond acceptors (Lipinski definition) is 7. The van der Waals surface area contributed by atoms with Gasteiger partial charge in [-0.15, -0.1) is 0 Å². The van der Waals surface area contributed by atoms with Crippen LogP contribution in [-0.4, -0.2) is 42.0 Å². The van der Waals surface area contributed by atoms with E-state index in [-0.39, 0.29) is 22.4 Å².